The van der Waals surface area contributed by atoms with Crippen LogP contribution in [0.5, 0.6) is 0 Å². The highest BCUT2D eigenvalue weighted by Crippen LogP contribution is 2.15. The first kappa shape index (κ1) is 11.9. The van der Waals surface area contributed by atoms with Crippen LogP contribution >= 0.6 is 0 Å². The van der Waals surface area contributed by atoms with Crippen LogP contribution in [0.3, 0.4) is 0 Å². The smallest absolute Gasteiger partial charge is 0.0756 e. The first-order chi connectivity index (χ1) is 7.38. The molecule has 3 heteroatoms. The Hall–Kier alpha value is -1.22. The summed E-state index contributed by atoms with van der Waals surface area (Å²) >= 11 is 0. The molecule has 1 atom stereocenters. The van der Waals surface area contributed by atoms with Crippen LogP contribution in [-0.2, 0) is 0 Å². The normalized spacial score (nSPS) is 12.3. The van der Waals surface area contributed by atoms with E-state index in [9.17, 15) is 0 Å². The fourth-order valence-electron chi connectivity index (χ4n) is 1.45. The fraction of sp³-hybridized carbons (Fsp3) is 0.500. The van der Waals surface area contributed by atoms with E-state index in [1.807, 2.05) is 12.3 Å². The lowest BCUT2D eigenvalue weighted by atomic mass is 10.1. The maximum atomic E-state index is 4.33. The molecule has 0 amide bonds. The van der Waals surface area contributed by atoms with Gasteiger partial charge in [-0.15, -0.1) is 6.58 Å². The van der Waals surface area contributed by atoms with Crippen molar-refractivity contribution in [2.75, 3.05) is 6.54 Å². The van der Waals surface area contributed by atoms with Crippen molar-refractivity contribution in [3.05, 3.63) is 36.9 Å². The van der Waals surface area contributed by atoms with Gasteiger partial charge in [0.2, 0.25) is 0 Å². The summed E-state index contributed by atoms with van der Waals surface area (Å²) in [6.45, 7) is 6.92. The molecule has 1 heterocycles. The summed E-state index contributed by atoms with van der Waals surface area (Å²) in [5, 5.41) is 3.47. The number of rotatable bonds is 7. The van der Waals surface area contributed by atoms with Gasteiger partial charge < -0.3 is 5.32 Å². The molecular weight excluding hydrogens is 186 g/mol. The molecule has 1 N–H and O–H groups in total. The monoisotopic (exact) mass is 205 g/mol. The molecule has 1 aromatic rings. The minimum atomic E-state index is 0.302. The first-order valence-electron chi connectivity index (χ1n) is 5.48. The molecule has 0 bridgehead atoms. The number of nitrogens with one attached hydrogen (secondary N) is 1. The van der Waals surface area contributed by atoms with Gasteiger partial charge in [-0.2, -0.15) is 0 Å². The number of allylic oxidation sites excluding steroid dienone is 1. The Bertz CT molecular complexity index is 271. The molecule has 0 fully saturated rings. The predicted molar refractivity (Wildman–Crippen MR) is 62.5 cm³/mol. The summed E-state index contributed by atoms with van der Waals surface area (Å²) in [5.41, 5.74) is 1.02. The third kappa shape index (κ3) is 4.21. The van der Waals surface area contributed by atoms with Crippen LogP contribution in [0, 0.1) is 0 Å². The third-order valence-corrected chi connectivity index (χ3v) is 2.24. The van der Waals surface area contributed by atoms with Crippen LogP contribution in [0.2, 0.25) is 0 Å². The van der Waals surface area contributed by atoms with Gasteiger partial charge in [-0.3, -0.25) is 9.97 Å². The second-order valence-corrected chi connectivity index (χ2v) is 3.50. The van der Waals surface area contributed by atoms with Crippen molar-refractivity contribution in [3.8, 4) is 0 Å². The highest BCUT2D eigenvalue weighted by molar-refractivity contribution is 5.02. The van der Waals surface area contributed by atoms with Gasteiger partial charge in [0.15, 0.2) is 0 Å². The maximum absolute atomic E-state index is 4.33. The van der Waals surface area contributed by atoms with Crippen LogP contribution in [0.1, 0.15) is 37.9 Å². The fourth-order valence-corrected chi connectivity index (χ4v) is 1.45. The molecule has 0 aromatic carbocycles. The van der Waals surface area contributed by atoms with Gasteiger partial charge in [0.05, 0.1) is 11.7 Å². The lowest BCUT2D eigenvalue weighted by Crippen LogP contribution is -2.23. The average Bonchev–Trinajstić information content (AvgIpc) is 2.30. The van der Waals surface area contributed by atoms with Gasteiger partial charge in [0.25, 0.3) is 0 Å². The van der Waals surface area contributed by atoms with Crippen LogP contribution in [-0.4, -0.2) is 16.5 Å². The van der Waals surface area contributed by atoms with E-state index in [-0.39, 0.29) is 0 Å². The quantitative estimate of drug-likeness (QED) is 0.695. The topological polar surface area (TPSA) is 37.8 Å². The van der Waals surface area contributed by atoms with Gasteiger partial charge in [-0.1, -0.05) is 13.0 Å². The molecule has 0 saturated carbocycles. The van der Waals surface area contributed by atoms with Crippen molar-refractivity contribution in [2.24, 2.45) is 0 Å². The summed E-state index contributed by atoms with van der Waals surface area (Å²) in [6, 6.07) is 0.302. The minimum Gasteiger partial charge on any atom is -0.309 e. The average molecular weight is 205 g/mol. The molecule has 1 unspecified atom stereocenters. The summed E-state index contributed by atoms with van der Waals surface area (Å²) < 4.78 is 0. The van der Waals surface area contributed by atoms with Gasteiger partial charge in [0, 0.05) is 18.6 Å². The van der Waals surface area contributed by atoms with E-state index in [0.717, 1.165) is 31.5 Å². The Labute approximate surface area is 91.7 Å². The van der Waals surface area contributed by atoms with Crippen LogP contribution in [0.15, 0.2) is 31.2 Å². The predicted octanol–water partition coefficient (Wildman–Crippen LogP) is 2.48. The molecule has 15 heavy (non-hydrogen) atoms. The summed E-state index contributed by atoms with van der Waals surface area (Å²) in [4.78, 5) is 8.42. The van der Waals surface area contributed by atoms with Gasteiger partial charge in [-0.25, -0.2) is 0 Å². The largest absolute Gasteiger partial charge is 0.309 e. The van der Waals surface area contributed by atoms with E-state index < -0.39 is 0 Å². The van der Waals surface area contributed by atoms with Crippen LogP contribution < -0.4 is 5.32 Å². The lowest BCUT2D eigenvalue weighted by Gasteiger charge is -2.16. The Morgan fingerprint density at radius 3 is 3.00 bits per heavy atom. The van der Waals surface area contributed by atoms with Crippen LogP contribution in [0.25, 0.3) is 0 Å². The van der Waals surface area contributed by atoms with Gasteiger partial charge >= 0.3 is 0 Å². The Morgan fingerprint density at radius 1 is 1.53 bits per heavy atom. The second kappa shape index (κ2) is 7.12. The van der Waals surface area contributed by atoms with Crippen molar-refractivity contribution < 1.29 is 0 Å². The lowest BCUT2D eigenvalue weighted by molar-refractivity contribution is 0.491. The zero-order chi connectivity index (χ0) is 10.9. The van der Waals surface area contributed by atoms with E-state index in [1.54, 1.807) is 12.4 Å². The zero-order valence-electron chi connectivity index (χ0n) is 9.32. The highest BCUT2D eigenvalue weighted by Gasteiger charge is 2.10. The number of hydrogen-bond acceptors (Lipinski definition) is 3. The van der Waals surface area contributed by atoms with E-state index in [4.69, 9.17) is 0 Å². The first-order valence-corrected chi connectivity index (χ1v) is 5.48. The van der Waals surface area contributed by atoms with E-state index in [1.165, 1.54) is 0 Å². The molecule has 3 nitrogen and oxygen atoms in total. The molecule has 1 aromatic heterocycles. The van der Waals surface area contributed by atoms with Crippen molar-refractivity contribution in [1.29, 1.82) is 0 Å². The molecule has 0 spiro atoms. The van der Waals surface area contributed by atoms with E-state index >= 15 is 0 Å². The SMILES string of the molecule is C=CCCC(NCCC)c1cnccn1. The molecular formula is C12H19N3. The van der Waals surface area contributed by atoms with E-state index in [0.29, 0.717) is 6.04 Å². The van der Waals surface area contributed by atoms with Crippen molar-refractivity contribution in [1.82, 2.24) is 15.3 Å². The summed E-state index contributed by atoms with van der Waals surface area (Å²) in [5.74, 6) is 0. The number of hydrogen-bond donors (Lipinski definition) is 1. The molecule has 0 aliphatic heterocycles. The van der Waals surface area contributed by atoms with E-state index in [2.05, 4.69) is 28.8 Å². The summed E-state index contributed by atoms with van der Waals surface area (Å²) in [6.07, 6.45) is 10.4. The Morgan fingerprint density at radius 2 is 2.40 bits per heavy atom. The number of aromatic nitrogens is 2. The highest BCUT2D eigenvalue weighted by atomic mass is 14.9. The molecule has 0 radical (unpaired) electrons. The summed E-state index contributed by atoms with van der Waals surface area (Å²) in [7, 11) is 0. The molecule has 1 rings (SSSR count). The molecule has 0 aliphatic rings. The molecule has 0 aliphatic carbocycles. The molecule has 0 saturated heterocycles. The maximum Gasteiger partial charge on any atom is 0.0756 e. The second-order valence-electron chi connectivity index (χ2n) is 3.50. The molecule has 82 valence electrons. The minimum absolute atomic E-state index is 0.302. The Balaban J connectivity index is 2.58. The van der Waals surface area contributed by atoms with Crippen molar-refractivity contribution >= 4 is 0 Å². The number of nitrogens with zero attached hydrogens (tertiary/aromatic N) is 2. The van der Waals surface area contributed by atoms with Crippen molar-refractivity contribution in [2.45, 2.75) is 32.2 Å². The zero-order valence-corrected chi connectivity index (χ0v) is 9.32. The standard InChI is InChI=1S/C12H19N3/c1-3-5-6-11(14-7-4-2)12-10-13-8-9-15-12/h3,8-11,14H,1,4-7H2,2H3. The van der Waals surface area contributed by atoms with Crippen LogP contribution in [0.4, 0.5) is 0 Å². The van der Waals surface area contributed by atoms with Gasteiger partial charge in [0.1, 0.15) is 0 Å². The Kier molecular flexibility index (Phi) is 5.63. The third-order valence-electron chi connectivity index (χ3n) is 2.24. The van der Waals surface area contributed by atoms with Gasteiger partial charge in [-0.05, 0) is 25.8 Å². The van der Waals surface area contributed by atoms with Crippen molar-refractivity contribution in [3.63, 3.8) is 0 Å².